The third-order valence-corrected chi connectivity index (χ3v) is 4.44. The highest BCUT2D eigenvalue weighted by atomic mass is 32.1. The lowest BCUT2D eigenvalue weighted by Crippen LogP contribution is -2.38. The first kappa shape index (κ1) is 14.0. The predicted molar refractivity (Wildman–Crippen MR) is 79.8 cm³/mol. The van der Waals surface area contributed by atoms with Gasteiger partial charge in [0.15, 0.2) is 0 Å². The molecular formula is C15H16FN3OS. The Kier molecular flexibility index (Phi) is 4.15. The average molecular weight is 305 g/mol. The van der Waals surface area contributed by atoms with Crippen molar-refractivity contribution in [3.8, 4) is 0 Å². The van der Waals surface area contributed by atoms with Gasteiger partial charge in [-0.1, -0.05) is 6.07 Å². The van der Waals surface area contributed by atoms with E-state index in [9.17, 15) is 9.18 Å². The molecule has 6 heteroatoms. The Hall–Kier alpha value is -1.95. The summed E-state index contributed by atoms with van der Waals surface area (Å²) >= 11 is 1.44. The minimum Gasteiger partial charge on any atom is -0.338 e. The first-order valence-electron chi connectivity index (χ1n) is 6.94. The molecule has 21 heavy (non-hydrogen) atoms. The number of hydrogen-bond donors (Lipinski definition) is 2. The number of aromatic nitrogens is 1. The Bertz CT molecular complexity index is 630. The van der Waals surface area contributed by atoms with Crippen molar-refractivity contribution in [3.05, 3.63) is 52.3 Å². The highest BCUT2D eigenvalue weighted by Crippen LogP contribution is 2.31. The Morgan fingerprint density at radius 1 is 1.43 bits per heavy atom. The number of amides is 2. The zero-order valence-electron chi connectivity index (χ0n) is 11.4. The van der Waals surface area contributed by atoms with Crippen LogP contribution in [0.3, 0.4) is 0 Å². The molecule has 2 N–H and O–H groups in total. The normalized spacial score (nSPS) is 16.5. The quantitative estimate of drug-likeness (QED) is 0.912. The molecule has 1 aromatic carbocycles. The Morgan fingerprint density at radius 3 is 3.14 bits per heavy atom. The molecule has 2 aromatic rings. The van der Waals surface area contributed by atoms with Gasteiger partial charge in [0, 0.05) is 24.0 Å². The summed E-state index contributed by atoms with van der Waals surface area (Å²) in [7, 11) is 0. The van der Waals surface area contributed by atoms with Gasteiger partial charge < -0.3 is 10.6 Å². The summed E-state index contributed by atoms with van der Waals surface area (Å²) < 4.78 is 17.2. The standard InChI is InChI=1S/C15H16FN3OS/c16-11-2-3-13-10(9-11)1-4-14(13)19-15(20)17-7-5-12-6-8-18-21-12/h2-3,6,8-9,14H,1,4-5,7H2,(H2,17,19,20)/t14-/m1/s1. The number of carbonyl (C=O) groups is 1. The highest BCUT2D eigenvalue weighted by Gasteiger charge is 2.24. The molecule has 0 radical (unpaired) electrons. The number of halogens is 1. The fourth-order valence-electron chi connectivity index (χ4n) is 2.62. The molecule has 110 valence electrons. The fraction of sp³-hybridized carbons (Fsp3) is 0.333. The van der Waals surface area contributed by atoms with Gasteiger partial charge in [-0.2, -0.15) is 0 Å². The van der Waals surface area contributed by atoms with E-state index >= 15 is 0 Å². The maximum atomic E-state index is 13.1. The van der Waals surface area contributed by atoms with Crippen LogP contribution in [-0.4, -0.2) is 16.9 Å². The summed E-state index contributed by atoms with van der Waals surface area (Å²) in [6.07, 6.45) is 4.17. The summed E-state index contributed by atoms with van der Waals surface area (Å²) in [6, 6.07) is 6.51. The van der Waals surface area contributed by atoms with Crippen molar-refractivity contribution in [2.24, 2.45) is 0 Å². The van der Waals surface area contributed by atoms with Crippen molar-refractivity contribution in [2.45, 2.75) is 25.3 Å². The average Bonchev–Trinajstić information content (AvgIpc) is 3.09. The lowest BCUT2D eigenvalue weighted by atomic mass is 10.1. The molecule has 3 rings (SSSR count). The van der Waals surface area contributed by atoms with E-state index in [1.165, 1.54) is 17.6 Å². The van der Waals surface area contributed by atoms with Crippen LogP contribution in [0, 0.1) is 5.82 Å². The van der Waals surface area contributed by atoms with Gasteiger partial charge in [0.25, 0.3) is 0 Å². The molecule has 1 atom stereocenters. The van der Waals surface area contributed by atoms with Crippen molar-refractivity contribution >= 4 is 17.6 Å². The number of carbonyl (C=O) groups excluding carboxylic acids is 1. The van der Waals surface area contributed by atoms with Gasteiger partial charge in [0.05, 0.1) is 6.04 Å². The summed E-state index contributed by atoms with van der Waals surface area (Å²) in [5.41, 5.74) is 2.01. The number of urea groups is 1. The van der Waals surface area contributed by atoms with Gasteiger partial charge in [-0.05, 0) is 53.7 Å². The van der Waals surface area contributed by atoms with E-state index in [1.807, 2.05) is 6.07 Å². The van der Waals surface area contributed by atoms with Crippen molar-refractivity contribution < 1.29 is 9.18 Å². The van der Waals surface area contributed by atoms with Crippen LogP contribution in [0.15, 0.2) is 30.5 Å². The second kappa shape index (κ2) is 6.22. The monoisotopic (exact) mass is 305 g/mol. The second-order valence-corrected chi connectivity index (χ2v) is 5.98. The van der Waals surface area contributed by atoms with Gasteiger partial charge in [-0.3, -0.25) is 0 Å². The molecule has 0 aliphatic heterocycles. The van der Waals surface area contributed by atoms with E-state index in [2.05, 4.69) is 15.0 Å². The smallest absolute Gasteiger partial charge is 0.315 e. The number of nitrogens with zero attached hydrogens (tertiary/aromatic N) is 1. The van der Waals surface area contributed by atoms with E-state index in [-0.39, 0.29) is 17.9 Å². The van der Waals surface area contributed by atoms with E-state index in [0.717, 1.165) is 35.3 Å². The van der Waals surface area contributed by atoms with Crippen LogP contribution in [0.25, 0.3) is 0 Å². The van der Waals surface area contributed by atoms with Gasteiger partial charge in [0.2, 0.25) is 0 Å². The Labute approximate surface area is 126 Å². The Balaban J connectivity index is 1.50. The third-order valence-electron chi connectivity index (χ3n) is 3.64. The second-order valence-electron chi connectivity index (χ2n) is 5.06. The third kappa shape index (κ3) is 3.39. The lowest BCUT2D eigenvalue weighted by Gasteiger charge is -2.14. The van der Waals surface area contributed by atoms with Crippen LogP contribution < -0.4 is 10.6 Å². The van der Waals surface area contributed by atoms with Crippen molar-refractivity contribution in [3.63, 3.8) is 0 Å². The van der Waals surface area contributed by atoms with Gasteiger partial charge in [-0.25, -0.2) is 13.6 Å². The zero-order valence-corrected chi connectivity index (χ0v) is 12.3. The van der Waals surface area contributed by atoms with Crippen LogP contribution >= 0.6 is 11.5 Å². The van der Waals surface area contributed by atoms with Crippen molar-refractivity contribution in [1.29, 1.82) is 0 Å². The molecule has 0 saturated heterocycles. The first-order chi connectivity index (χ1) is 10.2. The lowest BCUT2D eigenvalue weighted by molar-refractivity contribution is 0.237. The predicted octanol–water partition coefficient (Wildman–Crippen LogP) is 2.81. The van der Waals surface area contributed by atoms with Crippen LogP contribution in [-0.2, 0) is 12.8 Å². The number of nitrogens with one attached hydrogen (secondary N) is 2. The number of fused-ring (bicyclic) bond motifs is 1. The molecule has 0 spiro atoms. The SMILES string of the molecule is O=C(NCCc1ccns1)N[C@@H]1CCc2cc(F)ccc21. The van der Waals surface area contributed by atoms with Gasteiger partial charge in [-0.15, -0.1) is 0 Å². The maximum absolute atomic E-state index is 13.1. The number of aryl methyl sites for hydroxylation is 1. The summed E-state index contributed by atoms with van der Waals surface area (Å²) in [5, 5.41) is 5.79. The van der Waals surface area contributed by atoms with Gasteiger partial charge >= 0.3 is 6.03 Å². The fourth-order valence-corrected chi connectivity index (χ4v) is 3.19. The number of rotatable bonds is 4. The zero-order chi connectivity index (χ0) is 14.7. The largest absolute Gasteiger partial charge is 0.338 e. The van der Waals surface area contributed by atoms with Gasteiger partial charge in [0.1, 0.15) is 5.82 Å². The Morgan fingerprint density at radius 2 is 2.33 bits per heavy atom. The van der Waals surface area contributed by atoms with Crippen LogP contribution in [0.2, 0.25) is 0 Å². The van der Waals surface area contributed by atoms with Crippen LogP contribution in [0.4, 0.5) is 9.18 Å². The molecular weight excluding hydrogens is 289 g/mol. The molecule has 0 unspecified atom stereocenters. The van der Waals surface area contributed by atoms with Crippen LogP contribution in [0.1, 0.15) is 28.5 Å². The number of hydrogen-bond acceptors (Lipinski definition) is 3. The minimum atomic E-state index is -0.219. The minimum absolute atomic E-state index is 0.0241. The van der Waals surface area contributed by atoms with Crippen LogP contribution in [0.5, 0.6) is 0 Å². The molecule has 1 heterocycles. The molecule has 1 aliphatic rings. The summed E-state index contributed by atoms with van der Waals surface area (Å²) in [4.78, 5) is 13.0. The topological polar surface area (TPSA) is 54.0 Å². The molecule has 2 amide bonds. The molecule has 0 fully saturated rings. The highest BCUT2D eigenvalue weighted by molar-refractivity contribution is 7.05. The van der Waals surface area contributed by atoms with Crippen molar-refractivity contribution in [1.82, 2.24) is 15.0 Å². The van der Waals surface area contributed by atoms with E-state index < -0.39 is 0 Å². The number of benzene rings is 1. The molecule has 1 aliphatic carbocycles. The van der Waals surface area contributed by atoms with E-state index in [1.54, 1.807) is 18.3 Å². The molecule has 0 bridgehead atoms. The van der Waals surface area contributed by atoms with E-state index in [4.69, 9.17) is 0 Å². The molecule has 0 saturated carbocycles. The van der Waals surface area contributed by atoms with Crippen molar-refractivity contribution in [2.75, 3.05) is 6.54 Å². The summed E-state index contributed by atoms with van der Waals surface area (Å²) in [5.74, 6) is -0.219. The molecule has 1 aromatic heterocycles. The van der Waals surface area contributed by atoms with E-state index in [0.29, 0.717) is 6.54 Å². The maximum Gasteiger partial charge on any atom is 0.315 e. The molecule has 4 nitrogen and oxygen atoms in total. The first-order valence-corrected chi connectivity index (χ1v) is 7.72. The summed E-state index contributed by atoms with van der Waals surface area (Å²) in [6.45, 7) is 0.580.